The Balaban J connectivity index is 1.86. The van der Waals surface area contributed by atoms with E-state index in [-0.39, 0.29) is 5.60 Å². The molecule has 0 radical (unpaired) electrons. The van der Waals surface area contributed by atoms with Crippen molar-refractivity contribution in [2.75, 3.05) is 32.9 Å². The number of nitrogens with one attached hydrogen (secondary N) is 1. The zero-order valence-electron chi connectivity index (χ0n) is 6.77. The molecule has 2 aliphatic heterocycles. The average Bonchev–Trinajstić information content (AvgIpc) is 1.82. The van der Waals surface area contributed by atoms with E-state index in [1.54, 1.807) is 0 Å². The van der Waals surface area contributed by atoms with Gasteiger partial charge in [-0.2, -0.15) is 0 Å². The fourth-order valence-corrected chi connectivity index (χ4v) is 1.57. The third-order valence-corrected chi connectivity index (χ3v) is 2.42. The Morgan fingerprint density at radius 3 is 2.91 bits per heavy atom. The van der Waals surface area contributed by atoms with Crippen LogP contribution in [0.4, 0.5) is 0 Å². The second kappa shape index (κ2) is 3.09. The minimum Gasteiger partial charge on any atom is -0.378 e. The SMILES string of the molecule is C1CNCC2(CCO2)COC1. The zero-order chi connectivity index (χ0) is 7.57. The summed E-state index contributed by atoms with van der Waals surface area (Å²) in [5, 5.41) is 3.38. The maximum Gasteiger partial charge on any atom is 0.106 e. The number of hydrogen-bond acceptors (Lipinski definition) is 3. The van der Waals surface area contributed by atoms with Gasteiger partial charge < -0.3 is 14.8 Å². The van der Waals surface area contributed by atoms with Crippen molar-refractivity contribution in [2.24, 2.45) is 0 Å². The largest absolute Gasteiger partial charge is 0.378 e. The van der Waals surface area contributed by atoms with Crippen LogP contribution in [0.15, 0.2) is 0 Å². The van der Waals surface area contributed by atoms with Gasteiger partial charge in [0, 0.05) is 19.6 Å². The molecule has 11 heavy (non-hydrogen) atoms. The minimum absolute atomic E-state index is 0.0421. The van der Waals surface area contributed by atoms with Crippen LogP contribution in [0, 0.1) is 0 Å². The van der Waals surface area contributed by atoms with Crippen LogP contribution in [0.2, 0.25) is 0 Å². The first kappa shape index (κ1) is 7.53. The molecule has 0 aromatic rings. The molecule has 0 aliphatic carbocycles. The number of rotatable bonds is 0. The van der Waals surface area contributed by atoms with E-state index in [9.17, 15) is 0 Å². The Bertz CT molecular complexity index is 124. The zero-order valence-corrected chi connectivity index (χ0v) is 6.77. The summed E-state index contributed by atoms with van der Waals surface area (Å²) in [6.07, 6.45) is 2.27. The molecule has 3 heteroatoms. The van der Waals surface area contributed by atoms with Crippen LogP contribution in [-0.4, -0.2) is 38.5 Å². The molecule has 0 amide bonds. The molecule has 0 bridgehead atoms. The van der Waals surface area contributed by atoms with Crippen molar-refractivity contribution in [1.29, 1.82) is 0 Å². The summed E-state index contributed by atoms with van der Waals surface area (Å²) in [7, 11) is 0. The van der Waals surface area contributed by atoms with Crippen molar-refractivity contribution in [2.45, 2.75) is 18.4 Å². The fourth-order valence-electron chi connectivity index (χ4n) is 1.57. The summed E-state index contributed by atoms with van der Waals surface area (Å²) < 4.78 is 11.0. The van der Waals surface area contributed by atoms with E-state index in [2.05, 4.69) is 5.32 Å². The Kier molecular flexibility index (Phi) is 2.11. The van der Waals surface area contributed by atoms with E-state index in [1.165, 1.54) is 0 Å². The van der Waals surface area contributed by atoms with Gasteiger partial charge in [-0.25, -0.2) is 0 Å². The third kappa shape index (κ3) is 1.55. The van der Waals surface area contributed by atoms with Crippen molar-refractivity contribution >= 4 is 0 Å². The highest BCUT2D eigenvalue weighted by Crippen LogP contribution is 2.26. The van der Waals surface area contributed by atoms with Crippen molar-refractivity contribution in [1.82, 2.24) is 5.32 Å². The monoisotopic (exact) mass is 157 g/mol. The Labute approximate surface area is 67.1 Å². The Hall–Kier alpha value is -0.120. The third-order valence-electron chi connectivity index (χ3n) is 2.42. The summed E-state index contributed by atoms with van der Waals surface area (Å²) in [6, 6.07) is 0. The number of ether oxygens (including phenoxy) is 2. The number of hydrogen-bond donors (Lipinski definition) is 1. The van der Waals surface area contributed by atoms with Crippen molar-refractivity contribution in [3.63, 3.8) is 0 Å². The molecule has 64 valence electrons. The quantitative estimate of drug-likeness (QED) is 0.543. The predicted molar refractivity (Wildman–Crippen MR) is 41.6 cm³/mol. The van der Waals surface area contributed by atoms with Crippen LogP contribution in [0.5, 0.6) is 0 Å². The molecule has 2 fully saturated rings. The molecule has 0 saturated carbocycles. The van der Waals surface area contributed by atoms with E-state index in [4.69, 9.17) is 9.47 Å². The first-order chi connectivity index (χ1) is 5.41. The standard InChI is InChI=1S/C8H15NO2/c1-3-9-6-8(2-5-11-8)7-10-4-1/h9H,1-7H2. The molecule has 1 spiro atoms. The van der Waals surface area contributed by atoms with Gasteiger partial charge in [0.15, 0.2) is 0 Å². The predicted octanol–water partition coefficient (Wildman–Crippen LogP) is 0.155. The van der Waals surface area contributed by atoms with Gasteiger partial charge in [0.2, 0.25) is 0 Å². The van der Waals surface area contributed by atoms with Gasteiger partial charge in [-0.05, 0) is 13.0 Å². The molecule has 2 saturated heterocycles. The minimum atomic E-state index is 0.0421. The first-order valence-electron chi connectivity index (χ1n) is 4.34. The van der Waals surface area contributed by atoms with E-state index >= 15 is 0 Å². The Morgan fingerprint density at radius 2 is 2.18 bits per heavy atom. The summed E-state index contributed by atoms with van der Waals surface area (Å²) in [4.78, 5) is 0. The molecule has 2 rings (SSSR count). The van der Waals surface area contributed by atoms with Crippen molar-refractivity contribution < 1.29 is 9.47 Å². The van der Waals surface area contributed by atoms with Crippen LogP contribution in [-0.2, 0) is 9.47 Å². The van der Waals surface area contributed by atoms with Crippen LogP contribution in [0.25, 0.3) is 0 Å². The van der Waals surface area contributed by atoms with E-state index in [1.807, 2.05) is 0 Å². The van der Waals surface area contributed by atoms with Gasteiger partial charge in [0.05, 0.1) is 13.2 Å². The Morgan fingerprint density at radius 1 is 1.27 bits per heavy atom. The van der Waals surface area contributed by atoms with Gasteiger partial charge in [0.1, 0.15) is 5.60 Å². The molecule has 1 N–H and O–H groups in total. The van der Waals surface area contributed by atoms with Crippen molar-refractivity contribution in [3.8, 4) is 0 Å². The topological polar surface area (TPSA) is 30.5 Å². The highest BCUT2D eigenvalue weighted by Gasteiger charge is 2.38. The fraction of sp³-hybridized carbons (Fsp3) is 1.00. The molecule has 0 aromatic heterocycles. The summed E-state index contributed by atoms with van der Waals surface area (Å²) in [5.41, 5.74) is 0.0421. The van der Waals surface area contributed by atoms with Gasteiger partial charge >= 0.3 is 0 Å². The van der Waals surface area contributed by atoms with Crippen molar-refractivity contribution in [3.05, 3.63) is 0 Å². The highest BCUT2D eigenvalue weighted by atomic mass is 16.6. The molecule has 1 atom stereocenters. The lowest BCUT2D eigenvalue weighted by Crippen LogP contribution is -2.55. The van der Waals surface area contributed by atoms with Gasteiger partial charge in [-0.15, -0.1) is 0 Å². The van der Waals surface area contributed by atoms with Crippen LogP contribution in [0.1, 0.15) is 12.8 Å². The van der Waals surface area contributed by atoms with Crippen LogP contribution in [0.3, 0.4) is 0 Å². The molecule has 3 nitrogen and oxygen atoms in total. The lowest BCUT2D eigenvalue weighted by Gasteiger charge is -2.42. The maximum atomic E-state index is 5.51. The lowest BCUT2D eigenvalue weighted by atomic mass is 9.95. The molecule has 2 heterocycles. The van der Waals surface area contributed by atoms with Gasteiger partial charge in [-0.3, -0.25) is 0 Å². The molecule has 2 aliphatic rings. The van der Waals surface area contributed by atoms with Crippen LogP contribution >= 0.6 is 0 Å². The van der Waals surface area contributed by atoms with Gasteiger partial charge in [0.25, 0.3) is 0 Å². The lowest BCUT2D eigenvalue weighted by molar-refractivity contribution is -0.181. The smallest absolute Gasteiger partial charge is 0.106 e. The molecule has 1 unspecified atom stereocenters. The molecular weight excluding hydrogens is 142 g/mol. The van der Waals surface area contributed by atoms with E-state index in [0.717, 1.165) is 45.8 Å². The normalized spacial score (nSPS) is 39.3. The highest BCUT2D eigenvalue weighted by molar-refractivity contribution is 4.90. The second-order valence-electron chi connectivity index (χ2n) is 3.36. The average molecular weight is 157 g/mol. The van der Waals surface area contributed by atoms with E-state index in [0.29, 0.717) is 0 Å². The van der Waals surface area contributed by atoms with Crippen LogP contribution < -0.4 is 5.32 Å². The molecular formula is C8H15NO2. The molecule has 0 aromatic carbocycles. The summed E-state index contributed by atoms with van der Waals surface area (Å²) in [5.74, 6) is 0. The van der Waals surface area contributed by atoms with E-state index < -0.39 is 0 Å². The summed E-state index contributed by atoms with van der Waals surface area (Å²) in [6.45, 7) is 4.58. The summed E-state index contributed by atoms with van der Waals surface area (Å²) >= 11 is 0. The second-order valence-corrected chi connectivity index (χ2v) is 3.36. The van der Waals surface area contributed by atoms with Gasteiger partial charge in [-0.1, -0.05) is 0 Å². The first-order valence-corrected chi connectivity index (χ1v) is 4.34. The maximum absolute atomic E-state index is 5.51.